The van der Waals surface area contributed by atoms with Gasteiger partial charge in [0.2, 0.25) is 0 Å². The van der Waals surface area contributed by atoms with E-state index in [1.807, 2.05) is 6.92 Å². The maximum Gasteiger partial charge on any atom is 0.416 e. The van der Waals surface area contributed by atoms with Crippen molar-refractivity contribution in [3.8, 4) is 22.8 Å². The highest BCUT2D eigenvalue weighted by Crippen LogP contribution is 2.38. The second kappa shape index (κ2) is 9.34. The molecular formula is C25H19F6N3O3. The molecule has 0 fully saturated rings. The molecule has 0 spiro atoms. The molecule has 0 aliphatic rings. The lowest BCUT2D eigenvalue weighted by atomic mass is 10.0. The molecule has 0 saturated heterocycles. The van der Waals surface area contributed by atoms with Crippen molar-refractivity contribution in [1.29, 1.82) is 0 Å². The molecule has 2 aromatic carbocycles. The minimum atomic E-state index is -5.10. The maximum atomic E-state index is 13.3. The number of anilines is 1. The van der Waals surface area contributed by atoms with E-state index in [2.05, 4.69) is 10.3 Å². The van der Waals surface area contributed by atoms with Gasteiger partial charge in [0, 0.05) is 17.3 Å². The summed E-state index contributed by atoms with van der Waals surface area (Å²) in [4.78, 5) is 17.6. The van der Waals surface area contributed by atoms with E-state index in [9.17, 15) is 31.1 Å². The van der Waals surface area contributed by atoms with Crippen LogP contribution >= 0.6 is 0 Å². The molecule has 4 rings (SSSR count). The number of hydrogen-bond acceptors (Lipinski definition) is 4. The topological polar surface area (TPSA) is 64.9 Å². The molecule has 0 atom stereocenters. The number of rotatable bonds is 5. The number of aryl methyl sites for hydroxylation is 1. The Hall–Kier alpha value is -4.22. The SMILES string of the molecule is COc1ccc(-c2nc3cc(C)ccn3c2NC(=O)c2cc(C(F)(F)F)cc(C(F)(F)F)c2)cc1OC. The smallest absolute Gasteiger partial charge is 0.416 e. The number of hydrogen-bond donors (Lipinski definition) is 1. The summed E-state index contributed by atoms with van der Waals surface area (Å²) in [5.74, 6) is -0.378. The van der Waals surface area contributed by atoms with Crippen LogP contribution in [-0.4, -0.2) is 29.5 Å². The number of ether oxygens (including phenoxy) is 2. The number of pyridine rings is 1. The summed E-state index contributed by atoms with van der Waals surface area (Å²) in [7, 11) is 2.87. The van der Waals surface area contributed by atoms with Crippen molar-refractivity contribution >= 4 is 17.4 Å². The van der Waals surface area contributed by atoms with Gasteiger partial charge < -0.3 is 14.8 Å². The molecule has 0 radical (unpaired) electrons. The van der Waals surface area contributed by atoms with Crippen LogP contribution in [0.3, 0.4) is 0 Å². The Labute approximate surface area is 206 Å². The first-order valence-electron chi connectivity index (χ1n) is 10.6. The van der Waals surface area contributed by atoms with Gasteiger partial charge in [-0.2, -0.15) is 26.3 Å². The first-order chi connectivity index (χ1) is 17.3. The van der Waals surface area contributed by atoms with Crippen LogP contribution in [0.2, 0.25) is 0 Å². The summed E-state index contributed by atoms with van der Waals surface area (Å²) in [5.41, 5.74) is -2.12. The zero-order valence-corrected chi connectivity index (χ0v) is 19.6. The van der Waals surface area contributed by atoms with Crippen LogP contribution in [0.4, 0.5) is 32.2 Å². The van der Waals surface area contributed by atoms with Gasteiger partial charge in [0.15, 0.2) is 11.5 Å². The van der Waals surface area contributed by atoms with Crippen molar-refractivity contribution in [3.63, 3.8) is 0 Å². The monoisotopic (exact) mass is 523 g/mol. The molecule has 0 bridgehead atoms. The molecule has 0 aliphatic carbocycles. The second-order valence-corrected chi connectivity index (χ2v) is 8.06. The third kappa shape index (κ3) is 5.18. The zero-order chi connectivity index (χ0) is 27.1. The van der Waals surface area contributed by atoms with Crippen molar-refractivity contribution in [2.75, 3.05) is 19.5 Å². The number of amides is 1. The number of nitrogens with one attached hydrogen (secondary N) is 1. The molecule has 2 heterocycles. The predicted molar refractivity (Wildman–Crippen MR) is 123 cm³/mol. The Morgan fingerprint density at radius 2 is 1.49 bits per heavy atom. The maximum absolute atomic E-state index is 13.3. The third-order valence-corrected chi connectivity index (χ3v) is 5.52. The molecule has 4 aromatic rings. The van der Waals surface area contributed by atoms with Gasteiger partial charge in [0.05, 0.1) is 25.3 Å². The van der Waals surface area contributed by atoms with E-state index in [1.54, 1.807) is 36.5 Å². The minimum absolute atomic E-state index is 0.0388. The van der Waals surface area contributed by atoms with E-state index in [0.29, 0.717) is 34.8 Å². The number of carbonyl (C=O) groups is 1. The molecule has 0 saturated carbocycles. The fraction of sp³-hybridized carbons (Fsp3) is 0.200. The van der Waals surface area contributed by atoms with Crippen LogP contribution in [0.5, 0.6) is 11.5 Å². The number of alkyl halides is 6. The summed E-state index contributed by atoms with van der Waals surface area (Å²) < 4.78 is 91.8. The summed E-state index contributed by atoms with van der Waals surface area (Å²) in [6.45, 7) is 1.81. The highest BCUT2D eigenvalue weighted by atomic mass is 19.4. The minimum Gasteiger partial charge on any atom is -0.493 e. The average Bonchev–Trinajstić information content (AvgIpc) is 3.19. The van der Waals surface area contributed by atoms with Crippen molar-refractivity contribution in [1.82, 2.24) is 9.38 Å². The summed E-state index contributed by atoms with van der Waals surface area (Å²) in [6.07, 6.45) is -8.62. The number of imidazole rings is 1. The number of fused-ring (bicyclic) bond motifs is 1. The van der Waals surface area contributed by atoms with Gasteiger partial charge in [-0.1, -0.05) is 0 Å². The standard InChI is InChI=1S/C25H19F6N3O3/c1-13-6-7-34-20(8-13)32-21(14-4-5-18(36-2)19(11-14)37-3)22(34)33-23(35)15-9-16(24(26,27)28)12-17(10-15)25(29,30)31/h4-12H,1-3H3,(H,33,35). The lowest BCUT2D eigenvalue weighted by Crippen LogP contribution is -2.18. The van der Waals surface area contributed by atoms with Crippen molar-refractivity contribution in [2.24, 2.45) is 0 Å². The van der Waals surface area contributed by atoms with Crippen LogP contribution in [0.25, 0.3) is 16.9 Å². The lowest BCUT2D eigenvalue weighted by molar-refractivity contribution is -0.143. The second-order valence-electron chi connectivity index (χ2n) is 8.06. The Kier molecular flexibility index (Phi) is 6.53. The quantitative estimate of drug-likeness (QED) is 0.299. The summed E-state index contributed by atoms with van der Waals surface area (Å²) in [5, 5.41) is 2.45. The summed E-state index contributed by atoms with van der Waals surface area (Å²) in [6, 6.07) is 8.90. The highest BCUT2D eigenvalue weighted by molar-refractivity contribution is 6.06. The van der Waals surface area contributed by atoms with Crippen molar-refractivity contribution < 1.29 is 40.6 Å². The molecule has 0 aliphatic heterocycles. The van der Waals surface area contributed by atoms with Crippen LogP contribution in [0.1, 0.15) is 27.0 Å². The molecule has 2 aromatic heterocycles. The van der Waals surface area contributed by atoms with Gasteiger partial charge in [-0.3, -0.25) is 9.20 Å². The van der Waals surface area contributed by atoms with Crippen LogP contribution in [0, 0.1) is 6.92 Å². The van der Waals surface area contributed by atoms with E-state index in [-0.39, 0.29) is 17.6 Å². The molecule has 6 nitrogen and oxygen atoms in total. The number of methoxy groups -OCH3 is 2. The first-order valence-corrected chi connectivity index (χ1v) is 10.6. The van der Waals surface area contributed by atoms with E-state index >= 15 is 0 Å². The predicted octanol–water partition coefficient (Wildman–Crippen LogP) is 6.62. The number of halogens is 6. The van der Waals surface area contributed by atoms with Crippen LogP contribution in [0.15, 0.2) is 54.7 Å². The molecule has 194 valence electrons. The average molecular weight is 523 g/mol. The van der Waals surface area contributed by atoms with Crippen LogP contribution in [-0.2, 0) is 12.4 Å². The normalized spacial score (nSPS) is 12.0. The van der Waals surface area contributed by atoms with Gasteiger partial charge in [-0.05, 0) is 61.0 Å². The summed E-state index contributed by atoms with van der Waals surface area (Å²) >= 11 is 0. The fourth-order valence-corrected chi connectivity index (χ4v) is 3.72. The Bertz CT molecular complexity index is 1460. The third-order valence-electron chi connectivity index (χ3n) is 5.52. The molecular weight excluding hydrogens is 504 g/mol. The number of nitrogens with zero attached hydrogens (tertiary/aromatic N) is 2. The van der Waals surface area contributed by atoms with E-state index in [4.69, 9.17) is 9.47 Å². The Balaban J connectivity index is 1.85. The molecule has 0 unspecified atom stereocenters. The van der Waals surface area contributed by atoms with Gasteiger partial charge in [-0.25, -0.2) is 4.98 Å². The lowest BCUT2D eigenvalue weighted by Gasteiger charge is -2.15. The number of carbonyl (C=O) groups excluding carboxylic acids is 1. The van der Waals surface area contributed by atoms with E-state index in [0.717, 1.165) is 5.56 Å². The van der Waals surface area contributed by atoms with Gasteiger partial charge in [0.25, 0.3) is 5.91 Å². The van der Waals surface area contributed by atoms with E-state index < -0.39 is 35.0 Å². The largest absolute Gasteiger partial charge is 0.493 e. The molecule has 37 heavy (non-hydrogen) atoms. The highest BCUT2D eigenvalue weighted by Gasteiger charge is 2.37. The van der Waals surface area contributed by atoms with E-state index in [1.165, 1.54) is 18.6 Å². The van der Waals surface area contributed by atoms with Crippen LogP contribution < -0.4 is 14.8 Å². The Morgan fingerprint density at radius 3 is 2.05 bits per heavy atom. The number of aromatic nitrogens is 2. The molecule has 12 heteroatoms. The molecule has 1 amide bonds. The van der Waals surface area contributed by atoms with Gasteiger partial charge in [0.1, 0.15) is 17.2 Å². The fourth-order valence-electron chi connectivity index (χ4n) is 3.72. The van der Waals surface area contributed by atoms with Gasteiger partial charge >= 0.3 is 12.4 Å². The van der Waals surface area contributed by atoms with Gasteiger partial charge in [-0.15, -0.1) is 0 Å². The molecule has 1 N–H and O–H groups in total. The Morgan fingerprint density at radius 1 is 0.865 bits per heavy atom. The first kappa shape index (κ1) is 25.9. The number of benzene rings is 2. The van der Waals surface area contributed by atoms with Crippen molar-refractivity contribution in [2.45, 2.75) is 19.3 Å². The zero-order valence-electron chi connectivity index (χ0n) is 19.6. The van der Waals surface area contributed by atoms with Crippen molar-refractivity contribution in [3.05, 3.63) is 77.0 Å².